The lowest BCUT2D eigenvalue weighted by atomic mass is 9.90. The minimum Gasteiger partial charge on any atom is -0.493 e. The van der Waals surface area contributed by atoms with E-state index >= 15 is 0 Å². The van der Waals surface area contributed by atoms with Gasteiger partial charge in [0.05, 0.1) is 25.3 Å². The van der Waals surface area contributed by atoms with E-state index in [1.54, 1.807) is 11.8 Å². The fourth-order valence-corrected chi connectivity index (χ4v) is 4.36. The number of nitrogens with zero attached hydrogens (tertiary/aromatic N) is 2. The highest BCUT2D eigenvalue weighted by atomic mass is 35.5. The quantitative estimate of drug-likeness (QED) is 0.700. The number of carbonyl (C=O) groups is 1. The third-order valence-corrected chi connectivity index (χ3v) is 5.99. The first kappa shape index (κ1) is 22.4. The first-order chi connectivity index (χ1) is 14.1. The molecule has 1 aliphatic heterocycles. The second-order valence-corrected chi connectivity index (χ2v) is 8.05. The van der Waals surface area contributed by atoms with E-state index < -0.39 is 0 Å². The SMILES string of the molecule is COc1cc(CNC(=O)[C@H]2CNC[C@@H]2c2cnn(C)c2)ccc1OC1CCCC1.Cl. The summed E-state index contributed by atoms with van der Waals surface area (Å²) in [5, 5.41) is 10.7. The van der Waals surface area contributed by atoms with Gasteiger partial charge in [-0.05, 0) is 48.9 Å². The van der Waals surface area contributed by atoms with Crippen molar-refractivity contribution >= 4 is 18.3 Å². The number of benzene rings is 1. The number of hydrogen-bond donors (Lipinski definition) is 2. The van der Waals surface area contributed by atoms with E-state index in [9.17, 15) is 4.79 Å². The summed E-state index contributed by atoms with van der Waals surface area (Å²) in [6.07, 6.45) is 8.80. The number of hydrogen-bond acceptors (Lipinski definition) is 5. The summed E-state index contributed by atoms with van der Waals surface area (Å²) in [4.78, 5) is 12.8. The van der Waals surface area contributed by atoms with Crippen LogP contribution in [0, 0.1) is 5.92 Å². The number of aryl methyl sites for hydroxylation is 1. The molecule has 1 aromatic heterocycles. The zero-order chi connectivity index (χ0) is 20.2. The predicted molar refractivity (Wildman–Crippen MR) is 117 cm³/mol. The van der Waals surface area contributed by atoms with Crippen molar-refractivity contribution in [3.8, 4) is 11.5 Å². The summed E-state index contributed by atoms with van der Waals surface area (Å²) in [6, 6.07) is 5.91. The van der Waals surface area contributed by atoms with Crippen molar-refractivity contribution in [2.24, 2.45) is 13.0 Å². The van der Waals surface area contributed by atoms with Gasteiger partial charge < -0.3 is 20.1 Å². The average Bonchev–Trinajstić information content (AvgIpc) is 3.48. The Labute approximate surface area is 183 Å². The third-order valence-electron chi connectivity index (χ3n) is 5.99. The number of ether oxygens (including phenoxy) is 2. The van der Waals surface area contributed by atoms with Crippen molar-refractivity contribution in [1.82, 2.24) is 20.4 Å². The molecule has 30 heavy (non-hydrogen) atoms. The maximum Gasteiger partial charge on any atom is 0.225 e. The highest BCUT2D eigenvalue weighted by Gasteiger charge is 2.34. The molecule has 7 nitrogen and oxygen atoms in total. The van der Waals surface area contributed by atoms with E-state index in [4.69, 9.17) is 9.47 Å². The Morgan fingerprint density at radius 3 is 2.77 bits per heavy atom. The summed E-state index contributed by atoms with van der Waals surface area (Å²) in [5.74, 6) is 1.63. The van der Waals surface area contributed by atoms with Gasteiger partial charge in [0.15, 0.2) is 11.5 Å². The molecule has 1 aliphatic carbocycles. The summed E-state index contributed by atoms with van der Waals surface area (Å²) in [5.41, 5.74) is 2.10. The van der Waals surface area contributed by atoms with Gasteiger partial charge in [0.25, 0.3) is 0 Å². The summed E-state index contributed by atoms with van der Waals surface area (Å²) >= 11 is 0. The molecule has 164 valence electrons. The van der Waals surface area contributed by atoms with E-state index in [1.165, 1.54) is 12.8 Å². The Morgan fingerprint density at radius 2 is 2.07 bits per heavy atom. The lowest BCUT2D eigenvalue weighted by Gasteiger charge is -2.18. The molecule has 2 fully saturated rings. The van der Waals surface area contributed by atoms with Crippen molar-refractivity contribution in [2.75, 3.05) is 20.2 Å². The van der Waals surface area contributed by atoms with Gasteiger partial charge >= 0.3 is 0 Å². The molecule has 0 spiro atoms. The van der Waals surface area contributed by atoms with Crippen LogP contribution in [0.3, 0.4) is 0 Å². The van der Waals surface area contributed by atoms with Crippen LogP contribution >= 0.6 is 12.4 Å². The number of amides is 1. The topological polar surface area (TPSA) is 77.4 Å². The molecule has 2 aromatic rings. The normalized spacial score (nSPS) is 21.3. The van der Waals surface area contributed by atoms with Gasteiger partial charge in [0.2, 0.25) is 5.91 Å². The molecule has 1 amide bonds. The maximum atomic E-state index is 12.8. The maximum absolute atomic E-state index is 12.8. The molecule has 2 atom stereocenters. The van der Waals surface area contributed by atoms with Crippen LogP contribution in [0.4, 0.5) is 0 Å². The molecule has 0 unspecified atom stereocenters. The van der Waals surface area contributed by atoms with E-state index in [0.717, 1.165) is 42.0 Å². The second kappa shape index (κ2) is 10.2. The number of methoxy groups -OCH3 is 1. The highest BCUT2D eigenvalue weighted by molar-refractivity contribution is 5.85. The molecule has 2 aliphatic rings. The largest absolute Gasteiger partial charge is 0.493 e. The lowest BCUT2D eigenvalue weighted by molar-refractivity contribution is -0.125. The molecule has 0 radical (unpaired) electrons. The van der Waals surface area contributed by atoms with Crippen LogP contribution in [0.25, 0.3) is 0 Å². The number of rotatable bonds is 7. The lowest BCUT2D eigenvalue weighted by Crippen LogP contribution is -2.33. The van der Waals surface area contributed by atoms with Crippen LogP contribution in [0.5, 0.6) is 11.5 Å². The number of carbonyl (C=O) groups excluding carboxylic acids is 1. The van der Waals surface area contributed by atoms with Crippen molar-refractivity contribution in [3.05, 3.63) is 41.7 Å². The summed E-state index contributed by atoms with van der Waals surface area (Å²) in [7, 11) is 3.55. The van der Waals surface area contributed by atoms with Crippen LogP contribution in [-0.2, 0) is 18.4 Å². The smallest absolute Gasteiger partial charge is 0.225 e. The Kier molecular flexibility index (Phi) is 7.61. The number of aromatic nitrogens is 2. The van der Waals surface area contributed by atoms with E-state index in [1.807, 2.05) is 37.6 Å². The van der Waals surface area contributed by atoms with Crippen molar-refractivity contribution < 1.29 is 14.3 Å². The molecule has 0 bridgehead atoms. The van der Waals surface area contributed by atoms with E-state index in [-0.39, 0.29) is 36.3 Å². The second-order valence-electron chi connectivity index (χ2n) is 8.05. The van der Waals surface area contributed by atoms with Crippen LogP contribution in [-0.4, -0.2) is 42.0 Å². The van der Waals surface area contributed by atoms with Crippen molar-refractivity contribution in [3.63, 3.8) is 0 Å². The molecule has 1 saturated carbocycles. The first-order valence-corrected chi connectivity index (χ1v) is 10.4. The molecule has 1 aromatic carbocycles. The van der Waals surface area contributed by atoms with E-state index in [2.05, 4.69) is 15.7 Å². The zero-order valence-electron chi connectivity index (χ0n) is 17.6. The average molecular weight is 435 g/mol. The van der Waals surface area contributed by atoms with Crippen molar-refractivity contribution in [2.45, 2.75) is 44.2 Å². The fraction of sp³-hybridized carbons (Fsp3) is 0.545. The van der Waals surface area contributed by atoms with Crippen LogP contribution in [0.15, 0.2) is 30.6 Å². The first-order valence-electron chi connectivity index (χ1n) is 10.4. The molecule has 2 heterocycles. The van der Waals surface area contributed by atoms with Crippen LogP contribution in [0.1, 0.15) is 42.7 Å². The number of nitrogens with one attached hydrogen (secondary N) is 2. The van der Waals surface area contributed by atoms with Gasteiger partial charge in [-0.25, -0.2) is 0 Å². The van der Waals surface area contributed by atoms with Gasteiger partial charge in [-0.2, -0.15) is 5.10 Å². The minimum absolute atomic E-state index is 0. The van der Waals surface area contributed by atoms with Crippen LogP contribution in [0.2, 0.25) is 0 Å². The zero-order valence-corrected chi connectivity index (χ0v) is 18.4. The Bertz CT molecular complexity index is 851. The Hall–Kier alpha value is -2.25. The molecule has 1 saturated heterocycles. The van der Waals surface area contributed by atoms with Gasteiger partial charge in [0.1, 0.15) is 0 Å². The fourth-order valence-electron chi connectivity index (χ4n) is 4.36. The molecular weight excluding hydrogens is 404 g/mol. The van der Waals surface area contributed by atoms with E-state index in [0.29, 0.717) is 13.1 Å². The standard InChI is InChI=1S/C22H30N4O3.ClH/c1-26-14-16(11-25-26)18-12-23-13-19(18)22(27)24-10-15-7-8-20(21(9-15)28-2)29-17-5-3-4-6-17;/h7-9,11,14,17-19,23H,3-6,10,12-13H2,1-2H3,(H,24,27);1H/t18-,19+;/m1./s1. The van der Waals surface area contributed by atoms with Gasteiger partial charge in [-0.3, -0.25) is 9.48 Å². The molecule has 8 heteroatoms. The Morgan fingerprint density at radius 1 is 1.27 bits per heavy atom. The van der Waals surface area contributed by atoms with Crippen molar-refractivity contribution in [1.29, 1.82) is 0 Å². The summed E-state index contributed by atoms with van der Waals surface area (Å²) in [6.45, 7) is 1.95. The monoisotopic (exact) mass is 434 g/mol. The van der Waals surface area contributed by atoms with Gasteiger partial charge in [-0.1, -0.05) is 6.07 Å². The molecule has 2 N–H and O–H groups in total. The Balaban J connectivity index is 0.00000256. The third kappa shape index (κ3) is 5.08. The van der Waals surface area contributed by atoms with Gasteiger partial charge in [-0.15, -0.1) is 12.4 Å². The van der Waals surface area contributed by atoms with Crippen LogP contribution < -0.4 is 20.1 Å². The highest BCUT2D eigenvalue weighted by Crippen LogP contribution is 2.32. The minimum atomic E-state index is -0.0916. The number of halogens is 1. The van der Waals surface area contributed by atoms with Gasteiger partial charge in [0, 0.05) is 38.8 Å². The molecule has 4 rings (SSSR count). The summed E-state index contributed by atoms with van der Waals surface area (Å²) < 4.78 is 13.4. The predicted octanol–water partition coefficient (Wildman–Crippen LogP) is 2.79. The molecular formula is C22H31ClN4O3.